The molecule has 2 aromatic rings. The molecule has 0 radical (unpaired) electrons. The van der Waals surface area contributed by atoms with Crippen molar-refractivity contribution in [2.24, 2.45) is 0 Å². The summed E-state index contributed by atoms with van der Waals surface area (Å²) in [6.07, 6.45) is 9.75. The van der Waals surface area contributed by atoms with Crippen LogP contribution in [0.25, 0.3) is 0 Å². The third-order valence-corrected chi connectivity index (χ3v) is 6.59. The number of carbonyl (C=O) groups excluding carboxylic acids is 1. The maximum absolute atomic E-state index is 13.3. The first-order valence-corrected chi connectivity index (χ1v) is 10.7. The minimum atomic E-state index is -0.241. The summed E-state index contributed by atoms with van der Waals surface area (Å²) in [7, 11) is 0. The van der Waals surface area contributed by atoms with Gasteiger partial charge in [0.25, 0.3) is 0 Å². The number of thioether (sulfide) groups is 1. The number of rotatable bonds is 6. The summed E-state index contributed by atoms with van der Waals surface area (Å²) in [4.78, 5) is 19.6. The maximum atomic E-state index is 13.3. The Bertz CT molecular complexity index is 708. The van der Waals surface area contributed by atoms with Crippen molar-refractivity contribution >= 4 is 34.1 Å². The standard InChI is InChI=1S/C16H22N6OS2/c1-11(25-16-18-19-20-22(16)13-7-8-13)14(23)21(15-17-9-10-24-15)12-5-3-2-4-6-12/h9-13H,2-8H2,1H3. The molecule has 2 saturated carbocycles. The minimum absolute atomic E-state index is 0.109. The van der Waals surface area contributed by atoms with E-state index < -0.39 is 0 Å². The first-order chi connectivity index (χ1) is 12.2. The molecule has 4 rings (SSSR count). The van der Waals surface area contributed by atoms with E-state index in [0.717, 1.165) is 36.0 Å². The average Bonchev–Trinajstić information content (AvgIpc) is 3.14. The van der Waals surface area contributed by atoms with Crippen LogP contribution in [0.15, 0.2) is 16.7 Å². The number of nitrogens with zero attached hydrogens (tertiary/aromatic N) is 6. The lowest BCUT2D eigenvalue weighted by Crippen LogP contribution is -2.45. The van der Waals surface area contributed by atoms with Gasteiger partial charge < -0.3 is 0 Å². The SMILES string of the molecule is CC(Sc1nnnn1C1CC1)C(=O)N(c1nccs1)C1CCCCC1. The van der Waals surface area contributed by atoms with E-state index in [-0.39, 0.29) is 17.2 Å². The highest BCUT2D eigenvalue weighted by molar-refractivity contribution is 8.00. The minimum Gasteiger partial charge on any atom is -0.284 e. The van der Waals surface area contributed by atoms with Crippen molar-refractivity contribution in [1.82, 2.24) is 25.2 Å². The van der Waals surface area contributed by atoms with Gasteiger partial charge in [-0.15, -0.1) is 16.4 Å². The van der Waals surface area contributed by atoms with Gasteiger partial charge in [0.1, 0.15) is 0 Å². The largest absolute Gasteiger partial charge is 0.284 e. The smallest absolute Gasteiger partial charge is 0.242 e. The summed E-state index contributed by atoms with van der Waals surface area (Å²) >= 11 is 2.99. The Morgan fingerprint density at radius 2 is 2.12 bits per heavy atom. The second kappa shape index (κ2) is 7.41. The lowest BCUT2D eigenvalue weighted by atomic mass is 9.94. The molecule has 0 aromatic carbocycles. The molecule has 2 aliphatic rings. The van der Waals surface area contributed by atoms with E-state index in [4.69, 9.17) is 0 Å². The second-order valence-electron chi connectivity index (χ2n) is 6.71. The fraction of sp³-hybridized carbons (Fsp3) is 0.688. The van der Waals surface area contributed by atoms with Crippen molar-refractivity contribution in [3.8, 4) is 0 Å². The molecule has 1 amide bonds. The summed E-state index contributed by atoms with van der Waals surface area (Å²) in [5, 5.41) is 15.2. The highest BCUT2D eigenvalue weighted by Gasteiger charge is 2.34. The Morgan fingerprint density at radius 3 is 2.80 bits per heavy atom. The van der Waals surface area contributed by atoms with Gasteiger partial charge in [0.2, 0.25) is 11.1 Å². The number of amides is 1. The van der Waals surface area contributed by atoms with E-state index in [9.17, 15) is 4.79 Å². The predicted octanol–water partition coefficient (Wildman–Crippen LogP) is 3.31. The summed E-state index contributed by atoms with van der Waals surface area (Å²) < 4.78 is 1.86. The molecule has 0 saturated heterocycles. The van der Waals surface area contributed by atoms with Crippen LogP contribution in [0.4, 0.5) is 5.13 Å². The third kappa shape index (κ3) is 3.72. The number of aromatic nitrogens is 5. The number of hydrogen-bond donors (Lipinski definition) is 0. The molecular weight excluding hydrogens is 356 g/mol. The van der Waals surface area contributed by atoms with Crippen LogP contribution in [0, 0.1) is 0 Å². The summed E-state index contributed by atoms with van der Waals surface area (Å²) in [6.45, 7) is 1.95. The molecular formula is C16H22N6OS2. The molecule has 0 spiro atoms. The summed E-state index contributed by atoms with van der Waals surface area (Å²) in [5.41, 5.74) is 0. The van der Waals surface area contributed by atoms with E-state index in [1.165, 1.54) is 42.4 Å². The fourth-order valence-corrected chi connectivity index (χ4v) is 4.95. The van der Waals surface area contributed by atoms with Crippen LogP contribution in [-0.2, 0) is 4.79 Å². The normalized spacial score (nSPS) is 19.7. The van der Waals surface area contributed by atoms with Crippen molar-refractivity contribution in [3.05, 3.63) is 11.6 Å². The van der Waals surface area contributed by atoms with Crippen molar-refractivity contribution in [2.45, 2.75) is 74.4 Å². The summed E-state index contributed by atoms with van der Waals surface area (Å²) in [5.74, 6) is 0.109. The van der Waals surface area contributed by atoms with E-state index in [2.05, 4.69) is 20.5 Å². The van der Waals surface area contributed by atoms with E-state index in [0.29, 0.717) is 6.04 Å². The Labute approximate surface area is 155 Å². The van der Waals surface area contributed by atoms with Crippen molar-refractivity contribution < 1.29 is 4.79 Å². The molecule has 1 unspecified atom stereocenters. The molecule has 9 heteroatoms. The van der Waals surface area contributed by atoms with Gasteiger partial charge in [-0.1, -0.05) is 31.0 Å². The van der Waals surface area contributed by atoms with Crippen LogP contribution in [0.2, 0.25) is 0 Å². The first kappa shape index (κ1) is 17.0. The molecule has 1 atom stereocenters. The monoisotopic (exact) mass is 378 g/mol. The van der Waals surface area contributed by atoms with Gasteiger partial charge in [-0.05, 0) is 43.0 Å². The van der Waals surface area contributed by atoms with E-state index in [1.54, 1.807) is 6.20 Å². The molecule has 0 aliphatic heterocycles. The van der Waals surface area contributed by atoms with Gasteiger partial charge in [0.15, 0.2) is 5.13 Å². The molecule has 7 nitrogen and oxygen atoms in total. The quantitative estimate of drug-likeness (QED) is 0.718. The van der Waals surface area contributed by atoms with Crippen LogP contribution in [-0.4, -0.2) is 42.4 Å². The van der Waals surface area contributed by atoms with Gasteiger partial charge in [-0.2, -0.15) is 0 Å². The highest BCUT2D eigenvalue weighted by atomic mass is 32.2. The maximum Gasteiger partial charge on any atom is 0.242 e. The van der Waals surface area contributed by atoms with Gasteiger partial charge >= 0.3 is 0 Å². The highest BCUT2D eigenvalue weighted by Crippen LogP contribution is 2.38. The number of hydrogen-bond acceptors (Lipinski definition) is 7. The zero-order valence-electron chi connectivity index (χ0n) is 14.2. The van der Waals surface area contributed by atoms with Gasteiger partial charge in [-0.25, -0.2) is 9.67 Å². The van der Waals surface area contributed by atoms with Crippen molar-refractivity contribution in [3.63, 3.8) is 0 Å². The Morgan fingerprint density at radius 1 is 1.32 bits per heavy atom. The zero-order chi connectivity index (χ0) is 17.2. The molecule has 0 bridgehead atoms. The first-order valence-electron chi connectivity index (χ1n) is 8.91. The van der Waals surface area contributed by atoms with E-state index >= 15 is 0 Å². The third-order valence-electron chi connectivity index (χ3n) is 4.79. The Hall–Kier alpha value is -1.48. The van der Waals surface area contributed by atoms with Crippen molar-refractivity contribution in [2.75, 3.05) is 4.90 Å². The van der Waals surface area contributed by atoms with Gasteiger partial charge in [-0.3, -0.25) is 9.69 Å². The van der Waals surface area contributed by atoms with Gasteiger partial charge in [0, 0.05) is 17.6 Å². The molecule has 25 heavy (non-hydrogen) atoms. The molecule has 2 heterocycles. The summed E-state index contributed by atoms with van der Waals surface area (Å²) in [6, 6.07) is 0.670. The molecule has 2 fully saturated rings. The van der Waals surface area contributed by atoms with Crippen LogP contribution >= 0.6 is 23.1 Å². The molecule has 134 valence electrons. The van der Waals surface area contributed by atoms with Crippen LogP contribution in [0.3, 0.4) is 0 Å². The molecule has 2 aliphatic carbocycles. The van der Waals surface area contributed by atoms with Crippen LogP contribution in [0.1, 0.15) is 57.9 Å². The van der Waals surface area contributed by atoms with Crippen LogP contribution in [0.5, 0.6) is 0 Å². The lowest BCUT2D eigenvalue weighted by Gasteiger charge is -2.33. The number of carbonyl (C=O) groups is 1. The fourth-order valence-electron chi connectivity index (χ4n) is 3.32. The Kier molecular flexibility index (Phi) is 5.03. The lowest BCUT2D eigenvalue weighted by molar-refractivity contribution is -0.118. The molecule has 2 aromatic heterocycles. The number of tetrazole rings is 1. The van der Waals surface area contributed by atoms with Crippen LogP contribution < -0.4 is 4.90 Å². The molecule has 0 N–H and O–H groups in total. The van der Waals surface area contributed by atoms with Gasteiger partial charge in [0.05, 0.1) is 11.3 Å². The van der Waals surface area contributed by atoms with E-state index in [1.807, 2.05) is 21.9 Å². The second-order valence-corrected chi connectivity index (χ2v) is 8.89. The number of thiazole rings is 1. The predicted molar refractivity (Wildman–Crippen MR) is 97.9 cm³/mol. The Balaban J connectivity index is 1.51. The average molecular weight is 379 g/mol. The zero-order valence-corrected chi connectivity index (χ0v) is 15.9. The van der Waals surface area contributed by atoms with Crippen molar-refractivity contribution in [1.29, 1.82) is 0 Å². The number of anilines is 1. The topological polar surface area (TPSA) is 76.8 Å².